The number of carbonyl (C=O) groups excluding carboxylic acids is 8. The molecular weight excluding hydrogens is 1300 g/mol. The van der Waals surface area contributed by atoms with Gasteiger partial charge in [0, 0.05) is 122 Å². The van der Waals surface area contributed by atoms with Gasteiger partial charge in [-0.05, 0) is 88.5 Å². The van der Waals surface area contributed by atoms with Gasteiger partial charge < -0.3 is 81.0 Å². The molecule has 27 nitrogen and oxygen atoms in total. The van der Waals surface area contributed by atoms with Crippen LogP contribution >= 0.6 is 0 Å². The Labute approximate surface area is 584 Å². The highest BCUT2D eigenvalue weighted by molar-refractivity contribution is 6.26. The topological polar surface area (TPSA) is 390 Å². The van der Waals surface area contributed by atoms with Crippen molar-refractivity contribution in [2.75, 3.05) is 48.8 Å². The number of allylic oxidation sites excluding steroid dienone is 2. The zero-order valence-electron chi connectivity index (χ0n) is 58.7. The van der Waals surface area contributed by atoms with E-state index in [4.69, 9.17) is 34.1 Å². The van der Waals surface area contributed by atoms with Gasteiger partial charge in [-0.1, -0.05) is 78.3 Å². The summed E-state index contributed by atoms with van der Waals surface area (Å²) in [4.78, 5) is 130. The van der Waals surface area contributed by atoms with Crippen LogP contribution < -0.4 is 52.1 Å². The number of imide groups is 1. The summed E-state index contributed by atoms with van der Waals surface area (Å²) >= 11 is 0. The van der Waals surface area contributed by atoms with Crippen LogP contribution in [0.1, 0.15) is 135 Å². The Balaban J connectivity index is 1.04. The third-order valence-corrected chi connectivity index (χ3v) is 19.5. The minimum Gasteiger partial charge on any atom is -0.505 e. The molecule has 0 spiro atoms. The summed E-state index contributed by atoms with van der Waals surface area (Å²) in [6.45, 7) is 16.2. The standard InChI is InChI=1S/C74H93N9O18/c1-38(2)58(79-52(84)22-13-11-16-33-83-53(85)27-28-54(83)86)72(95)78-48(21-18-30-76-73(75)96)71(94)77-46-25-23-45(24-26-46)37-98-50-35-47(82-31-14-12-15-32-82)36-51-59(50)80-60-55-56-65(90)44(8)67-57(55)69(92)74(9,101-67)99-34-29-49(97-10)41(5)63(88)43(7)64(89)42(6)62(87)39(3)19-17-20-40(4)70(93)81-61(66(56)91)68(60)100-51/h17,19-20,23-29,34-36,38-39,41-43,48-49,58,62-64,87-89,91H,11-16,18,21-22,30-33,37H2,1-10H3,(H,77,94)(H,78,95)(H,79,84)(H,81,93)(H3,75,76,96)/b19-17+,34-29+,40-20-/t39-,41+,42+,43-,48-,49-,58-,62-,63+,64+,74-/m0/s1. The molecule has 4 aliphatic heterocycles. The summed E-state index contributed by atoms with van der Waals surface area (Å²) in [6.07, 6.45) is 10.2. The number of aliphatic hydroxyl groups is 3. The quantitative estimate of drug-likeness (QED) is 0.0112. The van der Waals surface area contributed by atoms with E-state index in [9.17, 15) is 58.8 Å². The Morgan fingerprint density at radius 2 is 1.51 bits per heavy atom. The number of ether oxygens (including phenoxy) is 4. The van der Waals surface area contributed by atoms with Crippen LogP contribution in [0.4, 0.5) is 21.9 Å². The van der Waals surface area contributed by atoms with Gasteiger partial charge in [-0.15, -0.1) is 0 Å². The average molecular weight is 1400 g/mol. The van der Waals surface area contributed by atoms with Gasteiger partial charge in [-0.2, -0.15) is 0 Å². The van der Waals surface area contributed by atoms with Crippen molar-refractivity contribution in [3.63, 3.8) is 0 Å². The van der Waals surface area contributed by atoms with E-state index < -0.39 is 118 Å². The summed E-state index contributed by atoms with van der Waals surface area (Å²) in [5, 5.41) is 60.3. The second-order valence-electron chi connectivity index (χ2n) is 27.2. The lowest BCUT2D eigenvalue weighted by atomic mass is 9.78. The highest BCUT2D eigenvalue weighted by Gasteiger charge is 2.50. The fourth-order valence-electron chi connectivity index (χ4n) is 13.2. The number of aliphatic hydroxyl groups excluding tert-OH is 3. The molecule has 0 saturated carbocycles. The molecule has 1 aromatic heterocycles. The number of unbranched alkanes of at least 4 members (excludes halogenated alkanes) is 2. The van der Waals surface area contributed by atoms with Gasteiger partial charge in [0.15, 0.2) is 28.1 Å². The van der Waals surface area contributed by atoms with Crippen LogP contribution in [0.15, 0.2) is 93.9 Å². The number of aromatic hydroxyl groups is 1. The van der Waals surface area contributed by atoms with Gasteiger partial charge in [0.1, 0.15) is 41.2 Å². The maximum Gasteiger partial charge on any atom is 0.312 e. The highest BCUT2D eigenvalue weighted by Crippen LogP contribution is 2.49. The van der Waals surface area contributed by atoms with E-state index in [1.165, 1.54) is 58.4 Å². The van der Waals surface area contributed by atoms with E-state index in [1.807, 2.05) is 0 Å². The predicted octanol–water partition coefficient (Wildman–Crippen LogP) is 7.49. The number of piperidine rings is 1. The van der Waals surface area contributed by atoms with Crippen molar-refractivity contribution >= 4 is 97.3 Å². The molecule has 0 radical (unpaired) electrons. The lowest BCUT2D eigenvalue weighted by molar-refractivity contribution is -0.137. The molecule has 11 atom stereocenters. The van der Waals surface area contributed by atoms with Gasteiger partial charge in [0.25, 0.3) is 23.5 Å². The number of urea groups is 1. The molecule has 8 amide bonds. The van der Waals surface area contributed by atoms with Crippen LogP contribution in [0.2, 0.25) is 0 Å². The molecule has 1 fully saturated rings. The summed E-state index contributed by atoms with van der Waals surface area (Å²) < 4.78 is 31.8. The number of rotatable bonds is 21. The molecule has 5 aromatic rings. The molecular formula is C74H93N9O18. The van der Waals surface area contributed by atoms with Crippen LogP contribution in [0.5, 0.6) is 17.2 Å². The number of amides is 8. The number of Topliss-reactive ketones (excluding diaryl/α,β-unsaturated/α-hetero) is 1. The molecule has 101 heavy (non-hydrogen) atoms. The Morgan fingerprint density at radius 3 is 2.19 bits per heavy atom. The van der Waals surface area contributed by atoms with Crippen molar-refractivity contribution in [2.24, 2.45) is 35.3 Å². The summed E-state index contributed by atoms with van der Waals surface area (Å²) in [7, 11) is 1.42. The van der Waals surface area contributed by atoms with Crippen LogP contribution in [-0.4, -0.2) is 153 Å². The largest absolute Gasteiger partial charge is 0.505 e. The number of nitrogens with zero attached hydrogens (tertiary/aromatic N) is 3. The number of aromatic nitrogens is 1. The number of primary amides is 1. The zero-order chi connectivity index (χ0) is 73.3. The van der Waals surface area contributed by atoms with Crippen molar-refractivity contribution in [1.29, 1.82) is 0 Å². The molecule has 1 saturated heterocycles. The average Bonchev–Trinajstić information content (AvgIpc) is 1.67. The van der Waals surface area contributed by atoms with Gasteiger partial charge in [0.2, 0.25) is 17.7 Å². The van der Waals surface area contributed by atoms with Crippen molar-refractivity contribution in [3.05, 3.63) is 112 Å². The van der Waals surface area contributed by atoms with E-state index in [-0.39, 0.29) is 118 Å². The summed E-state index contributed by atoms with van der Waals surface area (Å²) in [5.74, 6) is -9.83. The van der Waals surface area contributed by atoms with Crippen LogP contribution in [0.25, 0.3) is 33.0 Å². The lowest BCUT2D eigenvalue weighted by Crippen LogP contribution is -2.54. The Morgan fingerprint density at radius 1 is 0.832 bits per heavy atom. The number of carbonyl (C=O) groups is 8. The second-order valence-corrected chi connectivity index (χ2v) is 27.2. The number of benzene rings is 4. The first kappa shape index (κ1) is 75.5. The number of methoxy groups -OCH3 is 1. The third-order valence-electron chi connectivity index (χ3n) is 19.5. The van der Waals surface area contributed by atoms with E-state index in [1.54, 1.807) is 90.1 Å². The summed E-state index contributed by atoms with van der Waals surface area (Å²) in [5.41, 5.74) is 5.56. The highest BCUT2D eigenvalue weighted by atomic mass is 16.7. The van der Waals surface area contributed by atoms with Crippen molar-refractivity contribution in [2.45, 2.75) is 169 Å². The fraction of sp³-hybridized carbons (Fsp3) is 0.486. The Kier molecular flexibility index (Phi) is 24.5. The predicted molar refractivity (Wildman–Crippen MR) is 378 cm³/mol. The fourth-order valence-corrected chi connectivity index (χ4v) is 13.2. The first-order valence-electron chi connectivity index (χ1n) is 34.4. The maximum absolute atomic E-state index is 15.2. The molecule has 9 rings (SSSR count). The van der Waals surface area contributed by atoms with Crippen molar-refractivity contribution in [3.8, 4) is 17.2 Å². The number of fused-ring (bicyclic) bond motifs is 2. The monoisotopic (exact) mass is 1400 g/mol. The van der Waals surface area contributed by atoms with Crippen molar-refractivity contribution < 1.29 is 82.1 Å². The lowest BCUT2D eigenvalue weighted by Gasteiger charge is -2.36. The Bertz CT molecular complexity index is 4160. The van der Waals surface area contributed by atoms with Gasteiger partial charge >= 0.3 is 11.8 Å². The van der Waals surface area contributed by atoms with Gasteiger partial charge in [-0.3, -0.25) is 43.3 Å². The molecule has 542 valence electrons. The van der Waals surface area contributed by atoms with Crippen LogP contribution in [0, 0.1) is 36.5 Å². The molecule has 5 heterocycles. The van der Waals surface area contributed by atoms with E-state index >= 15 is 4.79 Å². The van der Waals surface area contributed by atoms with Crippen LogP contribution in [0.3, 0.4) is 0 Å². The molecule has 27 heteroatoms. The normalized spacial score (nSPS) is 24.6. The van der Waals surface area contributed by atoms with Gasteiger partial charge in [-0.25, -0.2) is 9.78 Å². The number of anilines is 3. The minimum atomic E-state index is -2.15. The number of nitrogens with one attached hydrogen (secondary N) is 5. The molecule has 0 aliphatic carbocycles. The number of phenolic OH excluding ortho intramolecular Hbond substituents is 1. The Hall–Kier alpha value is -9.70. The number of hydrogen-bond donors (Lipinski definition) is 10. The van der Waals surface area contributed by atoms with Gasteiger partial charge in [0.05, 0.1) is 41.6 Å². The number of ketones is 1. The van der Waals surface area contributed by atoms with E-state index in [2.05, 4.69) is 31.5 Å². The smallest absolute Gasteiger partial charge is 0.312 e. The molecule has 4 bridgehead atoms. The number of nitrogens with two attached hydrogens (primary N) is 1. The number of hydrogen-bond acceptors (Lipinski definition) is 20. The molecule has 11 N–H and O–H groups in total. The first-order valence-corrected chi connectivity index (χ1v) is 34.4. The number of phenols is 1. The molecule has 0 unspecified atom stereocenters. The second kappa shape index (κ2) is 32.7. The van der Waals surface area contributed by atoms with Crippen molar-refractivity contribution in [1.82, 2.24) is 25.8 Å². The first-order chi connectivity index (χ1) is 48.0. The van der Waals surface area contributed by atoms with E-state index in [0.29, 0.717) is 49.3 Å². The molecule has 4 aromatic carbocycles. The third kappa shape index (κ3) is 17.0. The molecule has 4 aliphatic rings. The van der Waals surface area contributed by atoms with E-state index in [0.717, 1.165) is 24.2 Å². The minimum absolute atomic E-state index is 0.0687. The maximum atomic E-state index is 15.2. The SMILES string of the molecule is CO[C@H]1/C=C/O[C@@]2(C)Oc3c(C)c(=O)c4c(O)c(c5oc6cc(N7CCCCC7)cc(OCc7ccc(NC(=O)[C@H](CCCNC(N)=O)NC(=O)[C@@H](NC(=O)CCCCCN8C(=O)C=CC8=O)C(C)C)cc7)c6nc5c4c3C2=O)NC(=O)/C(C)=C\C=C\[C@H](C)[C@H](O)[C@@H](C)[C@@H](O)[C@@H](C)[C@H](O)[C@@H]1C. The zero-order valence-corrected chi connectivity index (χ0v) is 58.7. The van der Waals surface area contributed by atoms with Crippen LogP contribution in [-0.2, 0) is 44.8 Å². The summed E-state index contributed by atoms with van der Waals surface area (Å²) in [6, 6.07) is 7.32.